The van der Waals surface area contributed by atoms with Gasteiger partial charge in [-0.1, -0.05) is 29.5 Å². The second-order valence-electron chi connectivity index (χ2n) is 8.52. The molecule has 1 aliphatic heterocycles. The van der Waals surface area contributed by atoms with E-state index in [1.54, 1.807) is 12.1 Å². The minimum absolute atomic E-state index is 0.103. The van der Waals surface area contributed by atoms with Crippen LogP contribution in [0.25, 0.3) is 32.7 Å². The molecule has 190 valence electrons. The Kier molecular flexibility index (Phi) is 6.26. The third-order valence-corrected chi connectivity index (χ3v) is 9.47. The van der Waals surface area contributed by atoms with Crippen LogP contribution in [-0.4, -0.2) is 73.5 Å². The summed E-state index contributed by atoms with van der Waals surface area (Å²) in [6.07, 6.45) is 1.43. The van der Waals surface area contributed by atoms with E-state index in [2.05, 4.69) is 30.3 Å². The fourth-order valence-corrected chi connectivity index (χ4v) is 8.12. The number of hydrogen-bond donors (Lipinski definition) is 4. The number of aromatic nitrogens is 5. The highest BCUT2D eigenvalue weighted by atomic mass is 32.2. The van der Waals surface area contributed by atoms with E-state index in [0.717, 1.165) is 17.7 Å². The van der Waals surface area contributed by atoms with Crippen LogP contribution in [0.1, 0.15) is 12.8 Å². The van der Waals surface area contributed by atoms with Crippen molar-refractivity contribution >= 4 is 46.7 Å². The zero-order chi connectivity index (χ0) is 25.7. The number of tetrazole rings is 1. The average molecular weight is 550 g/mol. The molecule has 1 aliphatic rings. The summed E-state index contributed by atoms with van der Waals surface area (Å²) in [4.78, 5) is 5.26. The van der Waals surface area contributed by atoms with E-state index in [9.17, 15) is 16.8 Å². The highest BCUT2D eigenvalue weighted by Crippen LogP contribution is 2.41. The smallest absolute Gasteiger partial charge is 0.242 e. The summed E-state index contributed by atoms with van der Waals surface area (Å²) in [6, 6.07) is 7.64. The molecule has 1 unspecified atom stereocenters. The molecule has 4 aromatic rings. The fraction of sp³-hybridized carbons (Fsp3) is 0.300. The van der Waals surface area contributed by atoms with Crippen molar-refractivity contribution in [1.29, 1.82) is 0 Å². The highest BCUT2D eigenvalue weighted by molar-refractivity contribution is 7.92. The summed E-state index contributed by atoms with van der Waals surface area (Å²) in [5, 5.41) is 19.7. The molecule has 0 radical (unpaired) electrons. The van der Waals surface area contributed by atoms with Gasteiger partial charge in [0.2, 0.25) is 25.9 Å². The lowest BCUT2D eigenvalue weighted by atomic mass is 9.98. The largest absolute Gasteiger partial charge is 0.375 e. The van der Waals surface area contributed by atoms with Crippen molar-refractivity contribution < 1.29 is 16.8 Å². The molecule has 13 nitrogen and oxygen atoms in total. The van der Waals surface area contributed by atoms with Crippen LogP contribution in [-0.2, 0) is 20.0 Å². The van der Waals surface area contributed by atoms with Crippen molar-refractivity contribution in [3.63, 3.8) is 0 Å². The Morgan fingerprint density at radius 2 is 1.97 bits per heavy atom. The number of benzene rings is 2. The maximum absolute atomic E-state index is 13.5. The number of anilines is 1. The molecule has 1 saturated heterocycles. The van der Waals surface area contributed by atoms with Gasteiger partial charge in [-0.05, 0) is 49.3 Å². The molecule has 36 heavy (non-hydrogen) atoms. The molecule has 2 aromatic carbocycles. The summed E-state index contributed by atoms with van der Waals surface area (Å²) in [5.74, 6) is -0.135. The number of nitrogens with zero attached hydrogens (tertiary/aromatic N) is 5. The molecule has 0 aliphatic carbocycles. The number of hydrogen-bond acceptors (Lipinski definition) is 11. The number of sulfonamides is 2. The minimum Gasteiger partial charge on any atom is -0.375 e. The molecule has 3 heterocycles. The summed E-state index contributed by atoms with van der Waals surface area (Å²) in [5.41, 5.74) is 7.15. The molecule has 1 fully saturated rings. The summed E-state index contributed by atoms with van der Waals surface area (Å²) >= 11 is 1.27. The van der Waals surface area contributed by atoms with Crippen molar-refractivity contribution in [3.8, 4) is 22.5 Å². The van der Waals surface area contributed by atoms with E-state index in [0.29, 0.717) is 34.7 Å². The molecule has 0 bridgehead atoms. The van der Waals surface area contributed by atoms with Crippen LogP contribution in [0.3, 0.4) is 0 Å². The lowest BCUT2D eigenvalue weighted by Crippen LogP contribution is -2.46. The predicted molar refractivity (Wildman–Crippen MR) is 135 cm³/mol. The first kappa shape index (κ1) is 24.7. The zero-order valence-corrected chi connectivity index (χ0v) is 21.5. The average Bonchev–Trinajstić information content (AvgIpc) is 3.46. The Morgan fingerprint density at radius 1 is 1.17 bits per heavy atom. The summed E-state index contributed by atoms with van der Waals surface area (Å²) in [6.45, 7) is 1.34. The number of nitrogens with two attached hydrogens (primary N) is 2. The van der Waals surface area contributed by atoms with E-state index < -0.39 is 29.8 Å². The molecule has 16 heteroatoms. The first-order valence-corrected chi connectivity index (χ1v) is 14.7. The van der Waals surface area contributed by atoms with Crippen LogP contribution in [0.5, 0.6) is 0 Å². The second kappa shape index (κ2) is 9.13. The number of fused-ring (bicyclic) bond motifs is 1. The van der Waals surface area contributed by atoms with Gasteiger partial charge in [0.05, 0.1) is 15.8 Å². The molecular weight excluding hydrogens is 526 g/mol. The monoisotopic (exact) mass is 549 g/mol. The van der Waals surface area contributed by atoms with Crippen LogP contribution < -0.4 is 15.6 Å². The molecule has 1 atom stereocenters. The Bertz CT molecular complexity index is 1650. The SMILES string of the molecule is CN1CCCC(NS(=O)(=O)c2ccc(-c3cccc4sc(N)nc34)c(-c3nn[nH]n3)c2S(N)(=O)=O)C1. The zero-order valence-electron chi connectivity index (χ0n) is 19.0. The molecule has 0 saturated carbocycles. The Labute approximate surface area is 211 Å². The van der Waals surface area contributed by atoms with Crippen LogP contribution in [0, 0.1) is 0 Å². The van der Waals surface area contributed by atoms with Crippen LogP contribution >= 0.6 is 11.3 Å². The number of likely N-dealkylation sites (tertiary alicyclic amines) is 1. The number of nitrogen functional groups attached to an aromatic ring is 1. The van der Waals surface area contributed by atoms with Crippen LogP contribution in [0.15, 0.2) is 40.1 Å². The Balaban J connectivity index is 1.77. The lowest BCUT2D eigenvalue weighted by Gasteiger charge is -2.30. The van der Waals surface area contributed by atoms with Gasteiger partial charge in [0, 0.05) is 18.2 Å². The number of piperidine rings is 1. The molecule has 0 spiro atoms. The quantitative estimate of drug-likeness (QED) is 0.266. The number of thiazole rings is 1. The molecule has 0 amide bonds. The maximum Gasteiger partial charge on any atom is 0.242 e. The number of primary sulfonamides is 1. The normalized spacial score (nSPS) is 17.6. The second-order valence-corrected chi connectivity index (χ2v) is 12.8. The first-order chi connectivity index (χ1) is 17.0. The topological polar surface area (TPSA) is 203 Å². The molecular formula is C20H23N9O4S3. The van der Waals surface area contributed by atoms with Gasteiger partial charge >= 0.3 is 0 Å². The Morgan fingerprint density at radius 3 is 2.67 bits per heavy atom. The van der Waals surface area contributed by atoms with Crippen LogP contribution in [0.4, 0.5) is 5.13 Å². The van der Waals surface area contributed by atoms with Gasteiger partial charge in [-0.25, -0.2) is 31.7 Å². The van der Waals surface area contributed by atoms with Crippen LogP contribution in [0.2, 0.25) is 0 Å². The number of para-hydroxylation sites is 1. The van der Waals surface area contributed by atoms with Gasteiger partial charge in [-0.15, -0.1) is 10.2 Å². The number of likely N-dealkylation sites (N-methyl/N-ethyl adjacent to an activating group) is 1. The molecule has 5 rings (SSSR count). The van der Waals surface area contributed by atoms with Gasteiger partial charge in [0.15, 0.2) is 5.13 Å². The minimum atomic E-state index is -4.60. The van der Waals surface area contributed by atoms with E-state index in [1.807, 2.05) is 18.0 Å². The van der Waals surface area contributed by atoms with Crippen molar-refractivity contribution in [2.45, 2.75) is 28.7 Å². The van der Waals surface area contributed by atoms with Gasteiger partial charge < -0.3 is 10.6 Å². The van der Waals surface area contributed by atoms with Crippen molar-refractivity contribution in [2.24, 2.45) is 5.14 Å². The van der Waals surface area contributed by atoms with Crippen molar-refractivity contribution in [1.82, 2.24) is 35.2 Å². The summed E-state index contributed by atoms with van der Waals surface area (Å²) < 4.78 is 56.4. The van der Waals surface area contributed by atoms with E-state index in [-0.39, 0.29) is 17.4 Å². The van der Waals surface area contributed by atoms with Gasteiger partial charge in [0.25, 0.3) is 0 Å². The van der Waals surface area contributed by atoms with Gasteiger partial charge in [-0.2, -0.15) is 5.21 Å². The molecule has 6 N–H and O–H groups in total. The third kappa shape index (κ3) is 4.58. The number of rotatable bonds is 6. The first-order valence-electron chi connectivity index (χ1n) is 10.8. The number of nitrogens with one attached hydrogen (secondary N) is 2. The van der Waals surface area contributed by atoms with Crippen molar-refractivity contribution in [2.75, 3.05) is 25.9 Å². The molecule has 2 aromatic heterocycles. The van der Waals surface area contributed by atoms with Crippen molar-refractivity contribution in [3.05, 3.63) is 30.3 Å². The van der Waals surface area contributed by atoms with Gasteiger partial charge in [0.1, 0.15) is 9.79 Å². The Hall–Kier alpha value is -3.02. The standard InChI is InChI=1S/C20H23N9O4S3/c1-29-9-3-4-11(10-29)26-36(32,33)15-8-7-12(13-5-2-6-14-17(13)23-20(21)34-14)16(18(15)35(22,30)31)19-24-27-28-25-19/h2,5-8,11,26H,3-4,9-10H2,1H3,(H2,21,23)(H2,22,30,31)(H,24,25,27,28). The summed E-state index contributed by atoms with van der Waals surface area (Å²) in [7, 11) is -7.01. The maximum atomic E-state index is 13.5. The lowest BCUT2D eigenvalue weighted by molar-refractivity contribution is 0.242. The third-order valence-electron chi connectivity index (χ3n) is 5.94. The predicted octanol–water partition coefficient (Wildman–Crippen LogP) is 0.746. The highest BCUT2D eigenvalue weighted by Gasteiger charge is 2.34. The van der Waals surface area contributed by atoms with E-state index in [4.69, 9.17) is 10.9 Å². The van der Waals surface area contributed by atoms with Gasteiger partial charge in [-0.3, -0.25) is 0 Å². The number of H-pyrrole nitrogens is 1. The van der Waals surface area contributed by atoms with E-state index >= 15 is 0 Å². The number of aromatic amines is 1. The van der Waals surface area contributed by atoms with E-state index in [1.165, 1.54) is 23.5 Å². The fourth-order valence-electron chi connectivity index (χ4n) is 4.50.